The molecule has 0 aromatic heterocycles. The number of ether oxygens (including phenoxy) is 2. The lowest BCUT2D eigenvalue weighted by atomic mass is 9.95. The highest BCUT2D eigenvalue weighted by atomic mass is 32.2. The van der Waals surface area contributed by atoms with Crippen LogP contribution in [0.5, 0.6) is 11.5 Å². The van der Waals surface area contributed by atoms with Gasteiger partial charge in [0.1, 0.15) is 11.5 Å². The lowest BCUT2D eigenvalue weighted by molar-refractivity contribution is 0.0891. The number of aliphatic hydroxyl groups excluding tert-OH is 1. The van der Waals surface area contributed by atoms with Crippen LogP contribution in [0.1, 0.15) is 17.2 Å². The minimum atomic E-state index is -3.64. The van der Waals surface area contributed by atoms with Crippen LogP contribution in [0.3, 0.4) is 0 Å². The maximum absolute atomic E-state index is 12.8. The summed E-state index contributed by atoms with van der Waals surface area (Å²) in [6, 6.07) is 11.3. The Morgan fingerprint density at radius 1 is 1.08 bits per heavy atom. The van der Waals surface area contributed by atoms with Gasteiger partial charge in [-0.25, -0.2) is 8.42 Å². The lowest BCUT2D eigenvalue weighted by Crippen LogP contribution is -2.46. The summed E-state index contributed by atoms with van der Waals surface area (Å²) >= 11 is 0. The number of aliphatic hydroxyl groups is 1. The van der Waals surface area contributed by atoms with E-state index in [1.165, 1.54) is 17.4 Å². The Hall–Kier alpha value is -2.09. The first-order valence-electron chi connectivity index (χ1n) is 7.85. The van der Waals surface area contributed by atoms with Crippen LogP contribution >= 0.6 is 0 Å². The second kappa shape index (κ2) is 6.67. The number of benzene rings is 2. The van der Waals surface area contributed by atoms with Gasteiger partial charge in [0, 0.05) is 18.7 Å². The zero-order valence-corrected chi connectivity index (χ0v) is 15.2. The largest absolute Gasteiger partial charge is 0.497 e. The normalized spacial score (nSPS) is 22.2. The Balaban J connectivity index is 2.01. The van der Waals surface area contributed by atoms with Crippen LogP contribution in [0.25, 0.3) is 0 Å². The molecule has 0 radical (unpaired) electrons. The van der Waals surface area contributed by atoms with Gasteiger partial charge in [0.15, 0.2) is 0 Å². The van der Waals surface area contributed by atoms with Crippen LogP contribution in [0, 0.1) is 0 Å². The second-order valence-electron chi connectivity index (χ2n) is 6.00. The molecule has 0 unspecified atom stereocenters. The third-order valence-corrected chi connectivity index (χ3v) is 6.54. The molecule has 0 bridgehead atoms. The van der Waals surface area contributed by atoms with Gasteiger partial charge in [-0.1, -0.05) is 18.2 Å². The molecule has 1 N–H and O–H groups in total. The van der Waals surface area contributed by atoms with Crippen molar-refractivity contribution in [3.05, 3.63) is 53.6 Å². The van der Waals surface area contributed by atoms with Gasteiger partial charge in [0.25, 0.3) is 0 Å². The highest BCUT2D eigenvalue weighted by molar-refractivity contribution is 7.89. The van der Waals surface area contributed by atoms with Crippen molar-refractivity contribution in [2.24, 2.45) is 0 Å². The number of hydrogen-bond acceptors (Lipinski definition) is 5. The molecule has 0 fully saturated rings. The maximum atomic E-state index is 12.8. The quantitative estimate of drug-likeness (QED) is 0.899. The standard InChI is InChI=1S/C18H21NO5S/c1-19-16(10-12-8-13(23-2)11-14(9-12)24-3)18(20)15-6-4-5-7-17(15)25(19,21)22/h4-9,11,16,18,20H,10H2,1-3H3/t16-,18+/m0/s1. The molecule has 7 heteroatoms. The fraction of sp³-hybridized carbons (Fsp3) is 0.333. The van der Waals surface area contributed by atoms with Crippen molar-refractivity contribution < 1.29 is 23.0 Å². The van der Waals surface area contributed by atoms with Crippen LogP contribution in [-0.2, 0) is 16.4 Å². The molecule has 3 rings (SSSR count). The smallest absolute Gasteiger partial charge is 0.243 e. The lowest BCUT2D eigenvalue weighted by Gasteiger charge is -2.37. The molecule has 1 heterocycles. The van der Waals surface area contributed by atoms with Crippen molar-refractivity contribution in [1.29, 1.82) is 0 Å². The first-order chi connectivity index (χ1) is 11.9. The van der Waals surface area contributed by atoms with E-state index in [1.807, 2.05) is 12.1 Å². The van der Waals surface area contributed by atoms with E-state index in [2.05, 4.69) is 0 Å². The minimum Gasteiger partial charge on any atom is -0.497 e. The molecule has 0 aliphatic carbocycles. The van der Waals surface area contributed by atoms with Gasteiger partial charge in [-0.05, 0) is 30.2 Å². The van der Waals surface area contributed by atoms with Crippen LogP contribution in [-0.4, -0.2) is 45.1 Å². The van der Waals surface area contributed by atoms with E-state index in [4.69, 9.17) is 9.47 Å². The molecule has 25 heavy (non-hydrogen) atoms. The molecular weight excluding hydrogens is 342 g/mol. The molecule has 0 spiro atoms. The zero-order chi connectivity index (χ0) is 18.2. The van der Waals surface area contributed by atoms with Gasteiger partial charge < -0.3 is 14.6 Å². The summed E-state index contributed by atoms with van der Waals surface area (Å²) in [5.74, 6) is 1.23. The van der Waals surface area contributed by atoms with Crippen molar-refractivity contribution in [2.45, 2.75) is 23.5 Å². The molecule has 0 saturated carbocycles. The molecule has 134 valence electrons. The highest BCUT2D eigenvalue weighted by Crippen LogP contribution is 2.37. The van der Waals surface area contributed by atoms with E-state index in [0.717, 1.165) is 5.56 Å². The summed E-state index contributed by atoms with van der Waals surface area (Å²) in [6.45, 7) is 0. The van der Waals surface area contributed by atoms with Crippen molar-refractivity contribution in [1.82, 2.24) is 4.31 Å². The molecule has 0 amide bonds. The van der Waals surface area contributed by atoms with E-state index in [1.54, 1.807) is 38.5 Å². The van der Waals surface area contributed by atoms with Crippen molar-refractivity contribution in [3.63, 3.8) is 0 Å². The summed E-state index contributed by atoms with van der Waals surface area (Å²) in [4.78, 5) is 0.157. The van der Waals surface area contributed by atoms with Crippen LogP contribution < -0.4 is 9.47 Å². The number of sulfonamides is 1. The summed E-state index contributed by atoms with van der Waals surface area (Å²) < 4.78 is 37.3. The first kappa shape index (κ1) is 17.7. The van der Waals surface area contributed by atoms with Crippen molar-refractivity contribution in [3.8, 4) is 11.5 Å². The van der Waals surface area contributed by atoms with E-state index in [-0.39, 0.29) is 4.90 Å². The number of hydrogen-bond donors (Lipinski definition) is 1. The zero-order valence-electron chi connectivity index (χ0n) is 14.3. The Labute approximate surface area is 147 Å². The monoisotopic (exact) mass is 363 g/mol. The molecule has 2 aromatic rings. The SMILES string of the molecule is COc1cc(C[C@H]2[C@H](O)c3ccccc3S(=O)(=O)N2C)cc(OC)c1. The van der Waals surface area contributed by atoms with E-state index in [0.29, 0.717) is 23.5 Å². The molecular formula is C18H21NO5S. The summed E-state index contributed by atoms with van der Waals surface area (Å²) in [5, 5.41) is 10.8. The van der Waals surface area contributed by atoms with Crippen molar-refractivity contribution >= 4 is 10.0 Å². The predicted molar refractivity (Wildman–Crippen MR) is 93.4 cm³/mol. The third kappa shape index (κ3) is 3.10. The maximum Gasteiger partial charge on any atom is 0.243 e. The van der Waals surface area contributed by atoms with Crippen LogP contribution in [0.15, 0.2) is 47.4 Å². The topological polar surface area (TPSA) is 76.1 Å². The van der Waals surface area contributed by atoms with Gasteiger partial charge in [0.2, 0.25) is 10.0 Å². The Kier molecular flexibility index (Phi) is 4.73. The number of rotatable bonds is 4. The molecule has 0 saturated heterocycles. The minimum absolute atomic E-state index is 0.157. The van der Waals surface area contributed by atoms with Crippen LogP contribution in [0.2, 0.25) is 0 Å². The third-order valence-electron chi connectivity index (χ3n) is 4.58. The predicted octanol–water partition coefficient (Wildman–Crippen LogP) is 1.98. The molecule has 1 aliphatic heterocycles. The number of methoxy groups -OCH3 is 2. The Morgan fingerprint density at radius 2 is 1.68 bits per heavy atom. The molecule has 2 atom stereocenters. The number of fused-ring (bicyclic) bond motifs is 1. The molecule has 6 nitrogen and oxygen atoms in total. The fourth-order valence-electron chi connectivity index (χ4n) is 3.17. The molecule has 1 aliphatic rings. The molecule has 2 aromatic carbocycles. The Morgan fingerprint density at radius 3 is 2.28 bits per heavy atom. The van der Waals surface area contributed by atoms with Gasteiger partial charge >= 0.3 is 0 Å². The summed E-state index contributed by atoms with van der Waals surface area (Å²) in [5.41, 5.74) is 1.25. The van der Waals surface area contributed by atoms with Gasteiger partial charge in [-0.2, -0.15) is 4.31 Å². The van der Waals surface area contributed by atoms with Gasteiger partial charge in [-0.15, -0.1) is 0 Å². The summed E-state index contributed by atoms with van der Waals surface area (Å²) in [7, 11) is 0.966. The van der Waals surface area contributed by atoms with Gasteiger partial charge in [-0.3, -0.25) is 0 Å². The van der Waals surface area contributed by atoms with Crippen molar-refractivity contribution in [2.75, 3.05) is 21.3 Å². The first-order valence-corrected chi connectivity index (χ1v) is 9.29. The second-order valence-corrected chi connectivity index (χ2v) is 7.96. The average Bonchev–Trinajstić information content (AvgIpc) is 2.63. The fourth-order valence-corrected chi connectivity index (χ4v) is 4.76. The van der Waals surface area contributed by atoms with E-state index < -0.39 is 22.2 Å². The number of likely N-dealkylation sites (N-methyl/N-ethyl adjacent to an activating group) is 1. The Bertz CT molecular complexity index is 859. The number of nitrogens with zero attached hydrogens (tertiary/aromatic N) is 1. The van der Waals surface area contributed by atoms with E-state index in [9.17, 15) is 13.5 Å². The van der Waals surface area contributed by atoms with E-state index >= 15 is 0 Å². The van der Waals surface area contributed by atoms with Crippen LogP contribution in [0.4, 0.5) is 0 Å². The highest BCUT2D eigenvalue weighted by Gasteiger charge is 2.41. The average molecular weight is 363 g/mol. The summed E-state index contributed by atoms with van der Waals surface area (Å²) in [6.07, 6.45) is -0.583. The van der Waals surface area contributed by atoms with Gasteiger partial charge in [0.05, 0.1) is 31.3 Å².